The molecule has 0 amide bonds. The molecule has 0 bridgehead atoms. The molecule has 1 aromatic carbocycles. The Morgan fingerprint density at radius 3 is 2.17 bits per heavy atom. The normalized spacial score (nSPS) is 6.75. The Morgan fingerprint density at radius 2 is 1.92 bits per heavy atom. The molecule has 0 spiro atoms. The number of halogens is 2. The van der Waals surface area contributed by atoms with Crippen molar-refractivity contribution in [2.45, 2.75) is 6.92 Å². The van der Waals surface area contributed by atoms with E-state index >= 15 is 0 Å². The summed E-state index contributed by atoms with van der Waals surface area (Å²) in [6.07, 6.45) is 0. The molecule has 0 atom stereocenters. The van der Waals surface area contributed by atoms with Crippen molar-refractivity contribution in [1.29, 1.82) is 0 Å². The number of hydrogen-bond acceptors (Lipinski definition) is 1. The second-order valence-electron chi connectivity index (χ2n) is 1.83. The molecule has 0 aromatic heterocycles. The fraction of sp³-hybridized carbons (Fsp3) is 0.125. The van der Waals surface area contributed by atoms with Gasteiger partial charge >= 0.3 is 0 Å². The van der Waals surface area contributed by atoms with Gasteiger partial charge in [0.25, 0.3) is 0 Å². The minimum Gasteiger partial charge on any atom is -1.00 e. The average molecular weight is 305 g/mol. The maximum absolute atomic E-state index is 10.6. The maximum atomic E-state index is 10.6. The zero-order valence-corrected chi connectivity index (χ0v) is 11.4. The first-order valence-corrected chi connectivity index (χ1v) is 2.78. The summed E-state index contributed by atoms with van der Waals surface area (Å²) in [5, 5.41) is 0. The van der Waals surface area contributed by atoms with Gasteiger partial charge in [-0.15, -0.1) is 0 Å². The third kappa shape index (κ3) is 5.92. The quantitative estimate of drug-likeness (QED) is 0.477. The van der Waals surface area contributed by atoms with Crippen molar-refractivity contribution in [2.75, 3.05) is 0 Å². The minimum atomic E-state index is 0. The van der Waals surface area contributed by atoms with Gasteiger partial charge in [0.05, 0.1) is 0 Å². The third-order valence-corrected chi connectivity index (χ3v) is 1.09. The van der Waals surface area contributed by atoms with Crippen LogP contribution in [0.3, 0.4) is 0 Å². The molecule has 0 saturated carbocycles. The Balaban J connectivity index is -0.000000270. The number of ketones is 1. The Hall–Kier alpha value is 0.340. The molecule has 64 valence electrons. The van der Waals surface area contributed by atoms with Gasteiger partial charge < -0.3 is 24.8 Å². The number of hydrogen-bond donors (Lipinski definition) is 0. The van der Waals surface area contributed by atoms with Crippen LogP contribution in [-0.2, 0) is 0 Å². The van der Waals surface area contributed by atoms with Gasteiger partial charge in [-0.1, -0.05) is 24.3 Å². The summed E-state index contributed by atoms with van der Waals surface area (Å²) in [4.78, 5) is 10.6. The van der Waals surface area contributed by atoms with Gasteiger partial charge in [-0.05, 0) is 13.0 Å². The van der Waals surface area contributed by atoms with Crippen molar-refractivity contribution >= 4 is 31.6 Å². The van der Waals surface area contributed by atoms with E-state index < -0.39 is 0 Å². The molecule has 0 aliphatic heterocycles. The summed E-state index contributed by atoms with van der Waals surface area (Å²) in [5.41, 5.74) is 0.650. The molecule has 0 saturated heterocycles. The van der Waals surface area contributed by atoms with Gasteiger partial charge in [-0.3, -0.25) is 4.79 Å². The number of Topliss-reactive ketones (excluding diaryl/α,β-unsaturated/α-hetero) is 1. The van der Waals surface area contributed by atoms with Crippen molar-refractivity contribution in [1.82, 2.24) is 0 Å². The first-order chi connectivity index (χ1) is 4.30. The molecule has 0 aliphatic carbocycles. The van der Waals surface area contributed by atoms with E-state index in [1.165, 1.54) is 6.92 Å². The zero-order valence-electron chi connectivity index (χ0n) is 6.55. The molecular formula is C8H7Cl2InO-2. The standard InChI is InChI=1S/C8H7O.2ClH.In/c1-7(9)8-5-3-2-4-6-8;;;/h2-5H,1H3;2*1H;/p-2. The Kier molecular flexibility index (Phi) is 14.3. The predicted octanol–water partition coefficient (Wildman–Crippen LogP) is -4.68. The molecule has 1 nitrogen and oxygen atoms in total. The van der Waals surface area contributed by atoms with Crippen LogP contribution in [0.4, 0.5) is 0 Å². The van der Waals surface area contributed by atoms with Crippen LogP contribution >= 0.6 is 0 Å². The average Bonchev–Trinajstić information content (AvgIpc) is 1.90. The molecule has 4 heteroatoms. The van der Waals surface area contributed by atoms with E-state index in [1.54, 1.807) is 12.1 Å². The van der Waals surface area contributed by atoms with Gasteiger partial charge in [-0.2, -0.15) is 0 Å². The molecule has 0 fully saturated rings. The van der Waals surface area contributed by atoms with Crippen LogP contribution in [0.1, 0.15) is 17.3 Å². The Bertz CT molecular complexity index is 214. The van der Waals surface area contributed by atoms with E-state index in [1.807, 2.05) is 12.1 Å². The van der Waals surface area contributed by atoms with Crippen molar-refractivity contribution in [3.05, 3.63) is 35.9 Å². The van der Waals surface area contributed by atoms with Crippen molar-refractivity contribution in [3.63, 3.8) is 0 Å². The van der Waals surface area contributed by atoms with Gasteiger partial charge in [0, 0.05) is 31.4 Å². The van der Waals surface area contributed by atoms with Crippen LogP contribution in [0.5, 0.6) is 0 Å². The van der Waals surface area contributed by atoms with Crippen LogP contribution in [0.15, 0.2) is 24.3 Å². The maximum Gasteiger partial charge on any atom is 0.160 e. The van der Waals surface area contributed by atoms with E-state index in [0.29, 0.717) is 5.56 Å². The van der Waals surface area contributed by atoms with Crippen LogP contribution in [0, 0.1) is 6.07 Å². The SMILES string of the molecule is CC(=O)c1[c]cccc1.[Cl-].[Cl-].[In]. The van der Waals surface area contributed by atoms with Gasteiger partial charge in [0.1, 0.15) is 0 Å². The largest absolute Gasteiger partial charge is 1.00 e. The van der Waals surface area contributed by atoms with Crippen molar-refractivity contribution in [2.24, 2.45) is 0 Å². The first kappa shape index (κ1) is 18.2. The number of carbonyl (C=O) groups excluding carboxylic acids is 1. The van der Waals surface area contributed by atoms with Crippen LogP contribution in [0.2, 0.25) is 0 Å². The number of rotatable bonds is 1. The van der Waals surface area contributed by atoms with E-state index in [4.69, 9.17) is 0 Å². The molecule has 0 aliphatic rings. The third-order valence-electron chi connectivity index (χ3n) is 1.09. The van der Waals surface area contributed by atoms with Crippen molar-refractivity contribution in [3.8, 4) is 0 Å². The van der Waals surface area contributed by atoms with Crippen LogP contribution in [0.25, 0.3) is 0 Å². The predicted molar refractivity (Wildman–Crippen MR) is 41.0 cm³/mol. The molecule has 4 radical (unpaired) electrons. The molecule has 1 rings (SSSR count). The summed E-state index contributed by atoms with van der Waals surface area (Å²) in [7, 11) is 0. The van der Waals surface area contributed by atoms with E-state index in [-0.39, 0.29) is 56.4 Å². The number of carbonyl (C=O) groups is 1. The second kappa shape index (κ2) is 9.43. The summed E-state index contributed by atoms with van der Waals surface area (Å²) in [6, 6.07) is 9.97. The van der Waals surface area contributed by atoms with Gasteiger partial charge in [-0.25, -0.2) is 0 Å². The molecule has 1 aromatic rings. The molecule has 0 unspecified atom stereocenters. The first-order valence-electron chi connectivity index (χ1n) is 2.78. The summed E-state index contributed by atoms with van der Waals surface area (Å²) in [6.45, 7) is 1.53. The van der Waals surface area contributed by atoms with E-state index in [9.17, 15) is 4.79 Å². The van der Waals surface area contributed by atoms with Crippen LogP contribution in [-0.4, -0.2) is 31.6 Å². The molecule has 12 heavy (non-hydrogen) atoms. The minimum absolute atomic E-state index is 0. The Morgan fingerprint density at radius 1 is 1.33 bits per heavy atom. The topological polar surface area (TPSA) is 17.1 Å². The zero-order chi connectivity index (χ0) is 6.69. The molecular weight excluding hydrogens is 298 g/mol. The molecule has 0 heterocycles. The second-order valence-corrected chi connectivity index (χ2v) is 1.83. The van der Waals surface area contributed by atoms with Crippen molar-refractivity contribution < 1.29 is 29.6 Å². The Labute approximate surface area is 104 Å². The smallest absolute Gasteiger partial charge is 0.160 e. The van der Waals surface area contributed by atoms with Gasteiger partial charge in [0.2, 0.25) is 0 Å². The van der Waals surface area contributed by atoms with E-state index in [0.717, 1.165) is 0 Å². The fourth-order valence-electron chi connectivity index (χ4n) is 0.612. The summed E-state index contributed by atoms with van der Waals surface area (Å²) < 4.78 is 0. The monoisotopic (exact) mass is 304 g/mol. The number of benzene rings is 1. The fourth-order valence-corrected chi connectivity index (χ4v) is 0.612. The van der Waals surface area contributed by atoms with E-state index in [2.05, 4.69) is 6.07 Å². The van der Waals surface area contributed by atoms with Crippen LogP contribution < -0.4 is 24.8 Å². The van der Waals surface area contributed by atoms with Gasteiger partial charge in [0.15, 0.2) is 5.78 Å². The summed E-state index contributed by atoms with van der Waals surface area (Å²) in [5.74, 6) is 0.0654. The molecule has 0 N–H and O–H groups in total. The summed E-state index contributed by atoms with van der Waals surface area (Å²) >= 11 is 0.